The minimum absolute atomic E-state index is 0.179. The van der Waals surface area contributed by atoms with Crippen LogP contribution in [0.4, 0.5) is 5.00 Å². The van der Waals surface area contributed by atoms with Crippen molar-refractivity contribution in [2.75, 3.05) is 20.0 Å². The van der Waals surface area contributed by atoms with Crippen LogP contribution in [0.15, 0.2) is 54.6 Å². The highest BCUT2D eigenvalue weighted by molar-refractivity contribution is 7.19. The van der Waals surface area contributed by atoms with E-state index in [1.807, 2.05) is 36.4 Å². The molecule has 1 heterocycles. The Bertz CT molecular complexity index is 872. The zero-order valence-corrected chi connectivity index (χ0v) is 14.2. The fraction of sp³-hybridized carbons (Fsp3) is 0.105. The fourth-order valence-electron chi connectivity index (χ4n) is 2.46. The summed E-state index contributed by atoms with van der Waals surface area (Å²) in [4.78, 5) is 13.9. The second-order valence-corrected chi connectivity index (χ2v) is 6.23. The zero-order chi connectivity index (χ0) is 17.1. The van der Waals surface area contributed by atoms with Crippen molar-refractivity contribution in [2.45, 2.75) is 0 Å². The molecule has 0 radical (unpaired) electrons. The number of hydrogen-bond acceptors (Lipinski definition) is 5. The van der Waals surface area contributed by atoms with E-state index in [-0.39, 0.29) is 5.78 Å². The van der Waals surface area contributed by atoms with Crippen molar-refractivity contribution >= 4 is 22.1 Å². The Kier molecular flexibility index (Phi) is 4.53. The number of carbonyl (C=O) groups is 1. The Labute approximate surface area is 144 Å². The molecule has 0 bridgehead atoms. The molecule has 0 spiro atoms. The van der Waals surface area contributed by atoms with Crippen LogP contribution in [0.25, 0.3) is 10.4 Å². The summed E-state index contributed by atoms with van der Waals surface area (Å²) in [5, 5.41) is 0.490. The van der Waals surface area contributed by atoms with Crippen molar-refractivity contribution in [1.82, 2.24) is 0 Å². The van der Waals surface area contributed by atoms with Crippen molar-refractivity contribution in [3.05, 3.63) is 65.7 Å². The molecule has 2 aromatic carbocycles. The topological polar surface area (TPSA) is 61.5 Å². The average Bonchev–Trinajstić information content (AvgIpc) is 3.03. The first kappa shape index (κ1) is 16.1. The van der Waals surface area contributed by atoms with Gasteiger partial charge >= 0.3 is 0 Å². The van der Waals surface area contributed by atoms with Crippen LogP contribution < -0.4 is 15.2 Å². The summed E-state index contributed by atoms with van der Waals surface area (Å²) in [6, 6.07) is 16.8. The Morgan fingerprint density at radius 3 is 2.38 bits per heavy atom. The lowest BCUT2D eigenvalue weighted by Gasteiger charge is -2.09. The van der Waals surface area contributed by atoms with Crippen LogP contribution in [-0.4, -0.2) is 20.0 Å². The molecule has 0 saturated carbocycles. The lowest BCUT2D eigenvalue weighted by atomic mass is 10.0. The predicted octanol–water partition coefficient (Wildman–Crippen LogP) is 4.25. The minimum atomic E-state index is -0.179. The third kappa shape index (κ3) is 2.98. The molecule has 0 fully saturated rings. The number of hydrogen-bond donors (Lipinski definition) is 1. The maximum atomic E-state index is 13.0. The molecule has 2 N–H and O–H groups in total. The number of anilines is 1. The van der Waals surface area contributed by atoms with E-state index in [0.717, 1.165) is 10.4 Å². The normalized spacial score (nSPS) is 10.4. The Hall–Kier alpha value is -2.79. The summed E-state index contributed by atoms with van der Waals surface area (Å²) in [5.41, 5.74) is 8.05. The third-order valence-corrected chi connectivity index (χ3v) is 4.73. The molecule has 0 saturated heterocycles. The lowest BCUT2D eigenvalue weighted by Crippen LogP contribution is -2.05. The molecule has 0 atom stereocenters. The average molecular weight is 339 g/mol. The van der Waals surface area contributed by atoms with E-state index >= 15 is 0 Å². The number of nitrogen functional groups attached to an aromatic ring is 1. The number of nitrogens with two attached hydrogens (primary N) is 1. The molecular formula is C19H17NO3S. The molecule has 3 aromatic rings. The highest BCUT2D eigenvalue weighted by Crippen LogP contribution is 2.36. The number of rotatable bonds is 5. The van der Waals surface area contributed by atoms with E-state index < -0.39 is 0 Å². The Morgan fingerprint density at radius 1 is 0.958 bits per heavy atom. The summed E-state index contributed by atoms with van der Waals surface area (Å²) in [6.45, 7) is 0. The highest BCUT2D eigenvalue weighted by atomic mass is 32.1. The van der Waals surface area contributed by atoms with Gasteiger partial charge in [-0.1, -0.05) is 30.3 Å². The van der Waals surface area contributed by atoms with Gasteiger partial charge in [-0.2, -0.15) is 0 Å². The number of thiophene rings is 1. The van der Waals surface area contributed by atoms with Gasteiger partial charge in [-0.05, 0) is 29.8 Å². The van der Waals surface area contributed by atoms with Crippen LogP contribution in [0.2, 0.25) is 0 Å². The van der Waals surface area contributed by atoms with Crippen molar-refractivity contribution < 1.29 is 14.3 Å². The van der Waals surface area contributed by atoms with Gasteiger partial charge in [0.2, 0.25) is 0 Å². The number of ketones is 1. The van der Waals surface area contributed by atoms with Crippen LogP contribution >= 0.6 is 11.3 Å². The summed E-state index contributed by atoms with van der Waals surface area (Å²) in [5.74, 6) is 0.908. The molecule has 24 heavy (non-hydrogen) atoms. The van der Waals surface area contributed by atoms with Gasteiger partial charge in [0, 0.05) is 4.88 Å². The molecule has 4 nitrogen and oxygen atoms in total. The van der Waals surface area contributed by atoms with Gasteiger partial charge in [-0.25, -0.2) is 0 Å². The van der Waals surface area contributed by atoms with Gasteiger partial charge in [-0.15, -0.1) is 11.3 Å². The maximum absolute atomic E-state index is 13.0. The molecule has 5 heteroatoms. The fourth-order valence-corrected chi connectivity index (χ4v) is 3.39. The number of methoxy groups -OCH3 is 2. The quantitative estimate of drug-likeness (QED) is 0.706. The van der Waals surface area contributed by atoms with E-state index in [2.05, 4.69) is 0 Å². The molecule has 3 rings (SSSR count). The van der Waals surface area contributed by atoms with Crippen LogP contribution in [0.1, 0.15) is 15.9 Å². The molecule has 0 aliphatic heterocycles. The zero-order valence-electron chi connectivity index (χ0n) is 13.4. The summed E-state index contributed by atoms with van der Waals surface area (Å²) >= 11 is 1.40. The first-order chi connectivity index (χ1) is 11.6. The maximum Gasteiger partial charge on any atom is 0.199 e. The molecule has 0 aliphatic rings. The SMILES string of the molecule is COc1ccc(OC)c(C(=O)c2cc(-c3ccccc3)sc2N)c1. The summed E-state index contributed by atoms with van der Waals surface area (Å²) < 4.78 is 10.5. The molecular weight excluding hydrogens is 322 g/mol. The van der Waals surface area contributed by atoms with E-state index in [1.165, 1.54) is 18.4 Å². The van der Waals surface area contributed by atoms with Gasteiger partial charge in [0.25, 0.3) is 0 Å². The third-order valence-electron chi connectivity index (χ3n) is 3.72. The molecule has 0 aliphatic carbocycles. The number of benzene rings is 2. The van der Waals surface area contributed by atoms with Crippen LogP contribution in [0, 0.1) is 0 Å². The van der Waals surface area contributed by atoms with Gasteiger partial charge in [-0.3, -0.25) is 4.79 Å². The summed E-state index contributed by atoms with van der Waals surface area (Å²) in [7, 11) is 3.09. The van der Waals surface area contributed by atoms with Gasteiger partial charge in [0.05, 0.1) is 30.3 Å². The first-order valence-corrected chi connectivity index (χ1v) is 8.17. The standard InChI is InChI=1S/C19H17NO3S/c1-22-13-8-9-16(23-2)14(10-13)18(21)15-11-17(24-19(15)20)12-6-4-3-5-7-12/h3-11H,20H2,1-2H3. The summed E-state index contributed by atoms with van der Waals surface area (Å²) in [6.07, 6.45) is 0. The van der Waals surface area contributed by atoms with Crippen LogP contribution in [-0.2, 0) is 0 Å². The largest absolute Gasteiger partial charge is 0.497 e. The predicted molar refractivity (Wildman–Crippen MR) is 97.1 cm³/mol. The first-order valence-electron chi connectivity index (χ1n) is 7.35. The van der Waals surface area contributed by atoms with Crippen molar-refractivity contribution in [3.8, 4) is 21.9 Å². The molecule has 0 amide bonds. The van der Waals surface area contributed by atoms with Crippen molar-refractivity contribution in [1.29, 1.82) is 0 Å². The highest BCUT2D eigenvalue weighted by Gasteiger charge is 2.20. The van der Waals surface area contributed by atoms with E-state index in [1.54, 1.807) is 25.3 Å². The van der Waals surface area contributed by atoms with Crippen LogP contribution in [0.5, 0.6) is 11.5 Å². The van der Waals surface area contributed by atoms with E-state index in [9.17, 15) is 4.79 Å². The lowest BCUT2D eigenvalue weighted by molar-refractivity contribution is 0.103. The van der Waals surface area contributed by atoms with Gasteiger partial charge in [0.15, 0.2) is 5.78 Å². The Balaban J connectivity index is 2.04. The van der Waals surface area contributed by atoms with E-state index in [0.29, 0.717) is 27.6 Å². The number of carbonyl (C=O) groups excluding carboxylic acids is 1. The molecule has 122 valence electrons. The minimum Gasteiger partial charge on any atom is -0.497 e. The van der Waals surface area contributed by atoms with E-state index in [4.69, 9.17) is 15.2 Å². The van der Waals surface area contributed by atoms with Gasteiger partial charge in [0.1, 0.15) is 11.5 Å². The number of ether oxygens (including phenoxy) is 2. The monoisotopic (exact) mass is 339 g/mol. The second kappa shape index (κ2) is 6.76. The van der Waals surface area contributed by atoms with Crippen molar-refractivity contribution in [3.63, 3.8) is 0 Å². The smallest absolute Gasteiger partial charge is 0.199 e. The second-order valence-electron chi connectivity index (χ2n) is 5.15. The van der Waals surface area contributed by atoms with Crippen molar-refractivity contribution in [2.24, 2.45) is 0 Å². The molecule has 0 unspecified atom stereocenters. The Morgan fingerprint density at radius 2 is 1.71 bits per heavy atom. The van der Waals surface area contributed by atoms with Gasteiger partial charge < -0.3 is 15.2 Å². The molecule has 1 aromatic heterocycles. The van der Waals surface area contributed by atoms with Crippen LogP contribution in [0.3, 0.4) is 0 Å².